The third-order valence-electron chi connectivity index (χ3n) is 1.58. The lowest BCUT2D eigenvalue weighted by Crippen LogP contribution is -2.18. The Balaban J connectivity index is 3.19. The molecule has 0 aliphatic rings. The molecule has 16 heavy (non-hydrogen) atoms. The van der Waals surface area contributed by atoms with Gasteiger partial charge in [-0.15, -0.1) is 13.2 Å². The van der Waals surface area contributed by atoms with E-state index in [1.807, 2.05) is 0 Å². The van der Waals surface area contributed by atoms with Crippen molar-refractivity contribution in [2.24, 2.45) is 0 Å². The van der Waals surface area contributed by atoms with Crippen molar-refractivity contribution < 1.29 is 22.8 Å². The minimum atomic E-state index is -4.92. The molecule has 9 heteroatoms. The van der Waals surface area contributed by atoms with E-state index in [0.29, 0.717) is 6.07 Å². The zero-order chi connectivity index (χ0) is 12.5. The molecule has 0 aromatic carbocycles. The monoisotopic (exact) mass is 348 g/mol. The predicted octanol–water partition coefficient (Wildman–Crippen LogP) is 2.80. The van der Waals surface area contributed by atoms with E-state index < -0.39 is 22.9 Å². The summed E-state index contributed by atoms with van der Waals surface area (Å²) in [5.41, 5.74) is -0.265. The number of hydrogen-bond acceptors (Lipinski definition) is 4. The highest BCUT2D eigenvalue weighted by molar-refractivity contribution is 14.1. The summed E-state index contributed by atoms with van der Waals surface area (Å²) < 4.78 is 39.2. The second kappa shape index (κ2) is 4.39. The van der Waals surface area contributed by atoms with Crippen molar-refractivity contribution in [3.05, 3.63) is 25.4 Å². The predicted molar refractivity (Wildman–Crippen MR) is 55.0 cm³/mol. The SMILES string of the molecule is Cc1c([N+](=O)[O-])cc(OC(F)(F)F)nc1I. The summed E-state index contributed by atoms with van der Waals surface area (Å²) in [5, 5.41) is 10.5. The van der Waals surface area contributed by atoms with Gasteiger partial charge in [0.25, 0.3) is 5.69 Å². The first-order valence-corrected chi connectivity index (χ1v) is 4.86. The van der Waals surface area contributed by atoms with Crippen LogP contribution < -0.4 is 4.74 Å². The number of halogens is 4. The van der Waals surface area contributed by atoms with Gasteiger partial charge in [-0.25, -0.2) is 4.98 Å². The van der Waals surface area contributed by atoms with Crippen molar-refractivity contribution in [3.8, 4) is 5.88 Å². The standard InChI is InChI=1S/C7H4F3IN2O3/c1-3-4(13(14)15)2-5(12-6(3)11)16-7(8,9)10/h2H,1H3. The summed E-state index contributed by atoms with van der Waals surface area (Å²) in [6, 6.07) is 0.644. The zero-order valence-corrected chi connectivity index (χ0v) is 9.87. The first-order chi connectivity index (χ1) is 7.20. The van der Waals surface area contributed by atoms with Crippen LogP contribution in [-0.4, -0.2) is 16.3 Å². The van der Waals surface area contributed by atoms with Gasteiger partial charge in [-0.3, -0.25) is 10.1 Å². The van der Waals surface area contributed by atoms with Crippen LogP contribution in [0.3, 0.4) is 0 Å². The van der Waals surface area contributed by atoms with Crippen LogP contribution >= 0.6 is 22.6 Å². The maximum absolute atomic E-state index is 11.9. The third kappa shape index (κ3) is 3.18. The molecule has 0 saturated heterocycles. The molecule has 1 aromatic rings. The number of nitro groups is 1. The maximum Gasteiger partial charge on any atom is 0.574 e. The summed E-state index contributed by atoms with van der Waals surface area (Å²) in [5.74, 6) is -0.839. The van der Waals surface area contributed by atoms with Crippen LogP contribution in [0.25, 0.3) is 0 Å². The van der Waals surface area contributed by atoms with Crippen LogP contribution in [0.1, 0.15) is 5.56 Å². The molecule has 1 rings (SSSR count). The summed E-state index contributed by atoms with van der Waals surface area (Å²) in [4.78, 5) is 13.2. The van der Waals surface area contributed by atoms with Crippen molar-refractivity contribution in [2.45, 2.75) is 13.3 Å². The van der Waals surface area contributed by atoms with Gasteiger partial charge in [-0.1, -0.05) is 0 Å². The van der Waals surface area contributed by atoms with Gasteiger partial charge < -0.3 is 4.74 Å². The Morgan fingerprint density at radius 2 is 2.12 bits per heavy atom. The molecule has 0 bridgehead atoms. The molecule has 1 heterocycles. The van der Waals surface area contributed by atoms with E-state index in [-0.39, 0.29) is 9.26 Å². The number of rotatable bonds is 2. The molecule has 88 valence electrons. The largest absolute Gasteiger partial charge is 0.574 e. The summed E-state index contributed by atoms with van der Waals surface area (Å²) >= 11 is 1.60. The van der Waals surface area contributed by atoms with Gasteiger partial charge in [0, 0.05) is 0 Å². The van der Waals surface area contributed by atoms with Gasteiger partial charge in [-0.2, -0.15) is 0 Å². The van der Waals surface area contributed by atoms with Gasteiger partial charge in [-0.05, 0) is 29.5 Å². The highest BCUT2D eigenvalue weighted by atomic mass is 127. The van der Waals surface area contributed by atoms with Gasteiger partial charge in [0.1, 0.15) is 3.70 Å². The lowest BCUT2D eigenvalue weighted by Gasteiger charge is -2.08. The molecular weight excluding hydrogens is 344 g/mol. The number of hydrogen-bond donors (Lipinski definition) is 0. The highest BCUT2D eigenvalue weighted by Gasteiger charge is 2.33. The van der Waals surface area contributed by atoms with Gasteiger partial charge >= 0.3 is 6.36 Å². The van der Waals surface area contributed by atoms with E-state index in [9.17, 15) is 23.3 Å². The molecule has 0 atom stereocenters. The maximum atomic E-state index is 11.9. The number of pyridine rings is 1. The van der Waals surface area contributed by atoms with Crippen molar-refractivity contribution in [2.75, 3.05) is 0 Å². The number of alkyl halides is 3. The van der Waals surface area contributed by atoms with E-state index in [1.165, 1.54) is 6.92 Å². The smallest absolute Gasteiger partial charge is 0.388 e. The van der Waals surface area contributed by atoms with Crippen LogP contribution in [0.4, 0.5) is 18.9 Å². The summed E-state index contributed by atoms with van der Waals surface area (Å²) in [7, 11) is 0. The minimum absolute atomic E-state index is 0.0889. The quantitative estimate of drug-likeness (QED) is 0.357. The minimum Gasteiger partial charge on any atom is -0.388 e. The van der Waals surface area contributed by atoms with E-state index >= 15 is 0 Å². The zero-order valence-electron chi connectivity index (χ0n) is 7.71. The van der Waals surface area contributed by atoms with Crippen LogP contribution in [-0.2, 0) is 0 Å². The molecule has 0 radical (unpaired) electrons. The van der Waals surface area contributed by atoms with Crippen molar-refractivity contribution in [1.82, 2.24) is 4.98 Å². The van der Waals surface area contributed by atoms with Gasteiger partial charge in [0.05, 0.1) is 16.6 Å². The lowest BCUT2D eigenvalue weighted by atomic mass is 10.3. The Morgan fingerprint density at radius 3 is 2.56 bits per heavy atom. The van der Waals surface area contributed by atoms with Crippen molar-refractivity contribution >= 4 is 28.3 Å². The average Bonchev–Trinajstić information content (AvgIpc) is 2.07. The Bertz CT molecular complexity index is 436. The lowest BCUT2D eigenvalue weighted by molar-refractivity contribution is -0.385. The summed E-state index contributed by atoms with van der Waals surface area (Å²) in [6.07, 6.45) is -4.92. The molecule has 0 saturated carbocycles. The molecule has 0 spiro atoms. The van der Waals surface area contributed by atoms with Crippen LogP contribution in [0, 0.1) is 20.7 Å². The second-order valence-electron chi connectivity index (χ2n) is 2.70. The van der Waals surface area contributed by atoms with Crippen LogP contribution in [0.2, 0.25) is 0 Å². The Hall–Kier alpha value is -1.13. The Labute approximate surface area is 101 Å². The third-order valence-corrected chi connectivity index (χ3v) is 2.63. The van der Waals surface area contributed by atoms with Gasteiger partial charge in [0.15, 0.2) is 0 Å². The number of nitrogens with zero attached hydrogens (tertiary/aromatic N) is 2. The highest BCUT2D eigenvalue weighted by Crippen LogP contribution is 2.29. The van der Waals surface area contributed by atoms with Crippen molar-refractivity contribution in [3.63, 3.8) is 0 Å². The first kappa shape index (κ1) is 12.9. The second-order valence-corrected chi connectivity index (χ2v) is 3.72. The Kier molecular flexibility index (Phi) is 3.55. The summed E-state index contributed by atoms with van der Waals surface area (Å²) in [6.45, 7) is 1.39. The molecule has 0 unspecified atom stereocenters. The van der Waals surface area contributed by atoms with Gasteiger partial charge in [0.2, 0.25) is 5.88 Å². The van der Waals surface area contributed by atoms with Crippen LogP contribution in [0.15, 0.2) is 6.07 Å². The molecule has 5 nitrogen and oxygen atoms in total. The molecule has 1 aromatic heterocycles. The Morgan fingerprint density at radius 1 is 1.56 bits per heavy atom. The fourth-order valence-electron chi connectivity index (χ4n) is 0.904. The van der Waals surface area contributed by atoms with Crippen LogP contribution in [0.5, 0.6) is 5.88 Å². The fourth-order valence-corrected chi connectivity index (χ4v) is 1.42. The molecule has 0 fully saturated rings. The van der Waals surface area contributed by atoms with E-state index in [0.717, 1.165) is 0 Å². The topological polar surface area (TPSA) is 65.3 Å². The molecule has 0 aliphatic carbocycles. The molecule has 0 amide bonds. The van der Waals surface area contributed by atoms with E-state index in [2.05, 4.69) is 9.72 Å². The molecule has 0 N–H and O–H groups in total. The molecule has 0 aliphatic heterocycles. The van der Waals surface area contributed by atoms with E-state index in [1.54, 1.807) is 22.6 Å². The van der Waals surface area contributed by atoms with Crippen molar-refractivity contribution in [1.29, 1.82) is 0 Å². The first-order valence-electron chi connectivity index (χ1n) is 3.78. The number of ether oxygens (including phenoxy) is 1. The molecular formula is C7H4F3IN2O3. The number of aromatic nitrogens is 1. The average molecular weight is 348 g/mol. The normalized spacial score (nSPS) is 11.3. The fraction of sp³-hybridized carbons (Fsp3) is 0.286. The van der Waals surface area contributed by atoms with E-state index in [4.69, 9.17) is 0 Å².